The number of nitrogens with zero attached hydrogens (tertiary/aromatic N) is 1. The fraction of sp³-hybridized carbons (Fsp3) is 0.647. The molecule has 112 valence electrons. The lowest BCUT2D eigenvalue weighted by molar-refractivity contribution is 0.185. The Balaban J connectivity index is 1.98. The monoisotopic (exact) mass is 276 g/mol. The molecule has 1 aliphatic carbocycles. The van der Waals surface area contributed by atoms with Gasteiger partial charge in [0.25, 0.3) is 0 Å². The molecule has 0 spiro atoms. The second kappa shape index (κ2) is 7.65. The Kier molecular flexibility index (Phi) is 5.86. The van der Waals surface area contributed by atoms with Crippen LogP contribution in [0.1, 0.15) is 43.7 Å². The van der Waals surface area contributed by atoms with Gasteiger partial charge in [-0.2, -0.15) is 0 Å². The van der Waals surface area contributed by atoms with Crippen LogP contribution in [0.4, 0.5) is 0 Å². The molecule has 0 saturated heterocycles. The van der Waals surface area contributed by atoms with E-state index in [9.17, 15) is 0 Å². The van der Waals surface area contributed by atoms with Crippen LogP contribution >= 0.6 is 0 Å². The maximum absolute atomic E-state index is 6.01. The first-order chi connectivity index (χ1) is 9.74. The van der Waals surface area contributed by atoms with Crippen LogP contribution in [0.25, 0.3) is 0 Å². The highest BCUT2D eigenvalue weighted by Gasteiger charge is 2.20. The van der Waals surface area contributed by atoms with E-state index in [2.05, 4.69) is 24.1 Å². The van der Waals surface area contributed by atoms with Gasteiger partial charge in [-0.3, -0.25) is 4.90 Å². The largest absolute Gasteiger partial charge is 0.497 e. The Hall–Kier alpha value is -1.06. The van der Waals surface area contributed by atoms with E-state index in [1.165, 1.54) is 37.7 Å². The number of hydrogen-bond acceptors (Lipinski definition) is 3. The molecule has 2 rings (SSSR count). The van der Waals surface area contributed by atoms with Gasteiger partial charge < -0.3 is 10.5 Å². The number of rotatable bonds is 6. The van der Waals surface area contributed by atoms with Crippen LogP contribution in [-0.2, 0) is 0 Å². The zero-order chi connectivity index (χ0) is 14.4. The molecule has 3 nitrogen and oxygen atoms in total. The van der Waals surface area contributed by atoms with Crippen LogP contribution in [-0.4, -0.2) is 32.1 Å². The van der Waals surface area contributed by atoms with E-state index in [1.807, 2.05) is 12.1 Å². The van der Waals surface area contributed by atoms with E-state index < -0.39 is 0 Å². The summed E-state index contributed by atoms with van der Waals surface area (Å²) in [5, 5.41) is 0. The quantitative estimate of drug-likeness (QED) is 0.867. The molecule has 0 amide bonds. The van der Waals surface area contributed by atoms with Crippen molar-refractivity contribution in [2.75, 3.05) is 27.2 Å². The Morgan fingerprint density at radius 2 is 1.85 bits per heavy atom. The Bertz CT molecular complexity index is 384. The van der Waals surface area contributed by atoms with Crippen LogP contribution in [0, 0.1) is 5.92 Å². The minimum Gasteiger partial charge on any atom is -0.497 e. The van der Waals surface area contributed by atoms with Gasteiger partial charge in [-0.15, -0.1) is 0 Å². The number of likely N-dealkylation sites (N-methyl/N-ethyl adjacent to an activating group) is 1. The summed E-state index contributed by atoms with van der Waals surface area (Å²) in [7, 11) is 3.90. The molecular formula is C17H28N2O. The summed E-state index contributed by atoms with van der Waals surface area (Å²) < 4.78 is 5.22. The normalized spacial score (nSPS) is 18.2. The first-order valence-corrected chi connectivity index (χ1v) is 7.79. The van der Waals surface area contributed by atoms with Crippen molar-refractivity contribution < 1.29 is 4.74 Å². The van der Waals surface area contributed by atoms with Crippen LogP contribution in [0.2, 0.25) is 0 Å². The fourth-order valence-corrected chi connectivity index (χ4v) is 3.30. The zero-order valence-corrected chi connectivity index (χ0v) is 12.8. The summed E-state index contributed by atoms with van der Waals surface area (Å²) in [5.74, 6) is 1.75. The maximum Gasteiger partial charge on any atom is 0.118 e. The van der Waals surface area contributed by atoms with Crippen LogP contribution in [0.15, 0.2) is 24.3 Å². The summed E-state index contributed by atoms with van der Waals surface area (Å²) in [6, 6.07) is 8.61. The summed E-state index contributed by atoms with van der Waals surface area (Å²) in [5.41, 5.74) is 7.29. The Morgan fingerprint density at radius 3 is 2.40 bits per heavy atom. The predicted octanol–water partition coefficient (Wildman–Crippen LogP) is 3.21. The lowest BCUT2D eigenvalue weighted by atomic mass is 9.88. The summed E-state index contributed by atoms with van der Waals surface area (Å²) in [6.07, 6.45) is 6.97. The lowest BCUT2D eigenvalue weighted by Crippen LogP contribution is -2.34. The molecule has 20 heavy (non-hydrogen) atoms. The number of benzene rings is 1. The molecule has 3 heteroatoms. The first kappa shape index (κ1) is 15.3. The molecule has 0 aliphatic heterocycles. The van der Waals surface area contributed by atoms with Crippen molar-refractivity contribution in [3.8, 4) is 5.75 Å². The van der Waals surface area contributed by atoms with E-state index >= 15 is 0 Å². The SMILES string of the molecule is COc1ccc(C(CN)N(C)CC2CCCCC2)cc1. The Labute approximate surface area is 123 Å². The van der Waals surface area contributed by atoms with Gasteiger partial charge in [0.05, 0.1) is 7.11 Å². The van der Waals surface area contributed by atoms with Gasteiger partial charge in [0.1, 0.15) is 5.75 Å². The molecule has 1 fully saturated rings. The van der Waals surface area contributed by atoms with Crippen molar-refractivity contribution >= 4 is 0 Å². The van der Waals surface area contributed by atoms with Gasteiger partial charge >= 0.3 is 0 Å². The third kappa shape index (κ3) is 3.97. The van der Waals surface area contributed by atoms with E-state index in [-0.39, 0.29) is 0 Å². The van der Waals surface area contributed by atoms with E-state index in [1.54, 1.807) is 7.11 Å². The molecule has 1 aliphatic rings. The molecule has 1 aromatic rings. The zero-order valence-electron chi connectivity index (χ0n) is 12.8. The van der Waals surface area contributed by atoms with Crippen LogP contribution in [0.3, 0.4) is 0 Å². The molecule has 2 N–H and O–H groups in total. The third-order valence-corrected chi connectivity index (χ3v) is 4.53. The van der Waals surface area contributed by atoms with Crippen molar-refractivity contribution in [1.82, 2.24) is 4.90 Å². The van der Waals surface area contributed by atoms with E-state index in [0.29, 0.717) is 12.6 Å². The van der Waals surface area contributed by atoms with Gasteiger partial charge in [0.15, 0.2) is 0 Å². The van der Waals surface area contributed by atoms with Gasteiger partial charge in [-0.1, -0.05) is 31.4 Å². The molecule has 0 radical (unpaired) electrons. The number of hydrogen-bond donors (Lipinski definition) is 1. The second-order valence-corrected chi connectivity index (χ2v) is 5.97. The molecule has 0 aromatic heterocycles. The van der Waals surface area contributed by atoms with Crippen molar-refractivity contribution in [1.29, 1.82) is 0 Å². The topological polar surface area (TPSA) is 38.5 Å². The van der Waals surface area contributed by atoms with Gasteiger partial charge in [0.2, 0.25) is 0 Å². The van der Waals surface area contributed by atoms with Crippen LogP contribution < -0.4 is 10.5 Å². The minimum atomic E-state index is 0.308. The fourth-order valence-electron chi connectivity index (χ4n) is 3.30. The summed E-state index contributed by atoms with van der Waals surface area (Å²) in [6.45, 7) is 1.82. The summed E-state index contributed by atoms with van der Waals surface area (Å²) >= 11 is 0. The van der Waals surface area contributed by atoms with Gasteiger partial charge in [-0.05, 0) is 43.5 Å². The third-order valence-electron chi connectivity index (χ3n) is 4.53. The molecule has 1 atom stereocenters. The smallest absolute Gasteiger partial charge is 0.118 e. The van der Waals surface area contributed by atoms with Crippen molar-refractivity contribution in [3.63, 3.8) is 0 Å². The number of nitrogens with two attached hydrogens (primary N) is 1. The second-order valence-electron chi connectivity index (χ2n) is 5.97. The van der Waals surface area contributed by atoms with Crippen LogP contribution in [0.5, 0.6) is 5.75 Å². The number of methoxy groups -OCH3 is 1. The minimum absolute atomic E-state index is 0.308. The highest BCUT2D eigenvalue weighted by Crippen LogP contribution is 2.27. The molecular weight excluding hydrogens is 248 g/mol. The van der Waals surface area contributed by atoms with Gasteiger partial charge in [0, 0.05) is 19.1 Å². The first-order valence-electron chi connectivity index (χ1n) is 7.79. The van der Waals surface area contributed by atoms with E-state index in [4.69, 9.17) is 10.5 Å². The molecule has 0 bridgehead atoms. The number of ether oxygens (including phenoxy) is 1. The molecule has 1 saturated carbocycles. The van der Waals surface area contributed by atoms with Crippen molar-refractivity contribution in [3.05, 3.63) is 29.8 Å². The van der Waals surface area contributed by atoms with E-state index in [0.717, 1.165) is 18.2 Å². The van der Waals surface area contributed by atoms with Crippen molar-refractivity contribution in [2.45, 2.75) is 38.1 Å². The average molecular weight is 276 g/mol. The van der Waals surface area contributed by atoms with Gasteiger partial charge in [-0.25, -0.2) is 0 Å². The Morgan fingerprint density at radius 1 is 1.20 bits per heavy atom. The molecule has 1 unspecified atom stereocenters. The average Bonchev–Trinajstić information content (AvgIpc) is 2.49. The highest BCUT2D eigenvalue weighted by atomic mass is 16.5. The van der Waals surface area contributed by atoms with Crippen molar-refractivity contribution in [2.24, 2.45) is 11.7 Å². The molecule has 0 heterocycles. The standard InChI is InChI=1S/C17H28N2O/c1-19(13-14-6-4-3-5-7-14)17(12-18)15-8-10-16(20-2)11-9-15/h8-11,14,17H,3-7,12-13,18H2,1-2H3. The summed E-state index contributed by atoms with van der Waals surface area (Å²) in [4.78, 5) is 2.43. The predicted molar refractivity (Wildman–Crippen MR) is 84.0 cm³/mol. The maximum atomic E-state index is 6.01. The highest BCUT2D eigenvalue weighted by molar-refractivity contribution is 5.29. The lowest BCUT2D eigenvalue weighted by Gasteiger charge is -2.32. The molecule has 1 aromatic carbocycles.